The Labute approximate surface area is 140 Å². The van der Waals surface area contributed by atoms with Crippen molar-refractivity contribution >= 4 is 26.8 Å². The number of hydrogen-bond acceptors (Lipinski definition) is 1. The minimum absolute atomic E-state index is 0.516. The predicted octanol–water partition coefficient (Wildman–Crippen LogP) is 6.76. The van der Waals surface area contributed by atoms with Crippen LogP contribution < -0.4 is 0 Å². The highest BCUT2D eigenvalue weighted by Gasteiger charge is 2.33. The molecule has 0 atom stereocenters. The van der Waals surface area contributed by atoms with E-state index < -0.39 is 16.1 Å². The highest BCUT2D eigenvalue weighted by Crippen LogP contribution is 2.36. The van der Waals surface area contributed by atoms with Crippen LogP contribution in [0.25, 0.3) is 0 Å². The van der Waals surface area contributed by atoms with Crippen LogP contribution in [0.3, 0.4) is 0 Å². The maximum absolute atomic E-state index is 5.38. The summed E-state index contributed by atoms with van der Waals surface area (Å²) < 4.78 is 0. The van der Waals surface area contributed by atoms with E-state index in [-0.39, 0.29) is 0 Å². The van der Waals surface area contributed by atoms with Gasteiger partial charge in [0.25, 0.3) is 0 Å². The van der Waals surface area contributed by atoms with Gasteiger partial charge in [0.1, 0.15) is 0 Å². The summed E-state index contributed by atoms with van der Waals surface area (Å²) in [6, 6.07) is 6.73. The van der Waals surface area contributed by atoms with Crippen molar-refractivity contribution in [2.24, 2.45) is 4.99 Å². The second-order valence-corrected chi connectivity index (χ2v) is 19.5. The minimum Gasteiger partial charge on any atom is -0.266 e. The van der Waals surface area contributed by atoms with Gasteiger partial charge < -0.3 is 0 Å². The molecule has 1 nitrogen and oxygen atoms in total. The van der Waals surface area contributed by atoms with E-state index in [0.717, 1.165) is 0 Å². The molecular formula is C19H35NSi2. The van der Waals surface area contributed by atoms with Gasteiger partial charge >= 0.3 is 0 Å². The van der Waals surface area contributed by atoms with E-state index in [9.17, 15) is 0 Å². The van der Waals surface area contributed by atoms with Gasteiger partial charge in [0.05, 0.1) is 21.8 Å². The van der Waals surface area contributed by atoms with Gasteiger partial charge in [-0.2, -0.15) is 0 Å². The fourth-order valence-electron chi connectivity index (χ4n) is 3.21. The van der Waals surface area contributed by atoms with Crippen molar-refractivity contribution in [1.82, 2.24) is 0 Å². The van der Waals surface area contributed by atoms with E-state index >= 15 is 0 Å². The second kappa shape index (κ2) is 6.83. The number of aliphatic imine (C=N–C) groups is 1. The molecule has 0 aromatic heterocycles. The molecule has 0 spiro atoms. The van der Waals surface area contributed by atoms with Gasteiger partial charge in [-0.05, 0) is 27.9 Å². The molecule has 0 radical (unpaired) electrons. The van der Waals surface area contributed by atoms with Crippen LogP contribution in [0, 0.1) is 0 Å². The van der Waals surface area contributed by atoms with Crippen LogP contribution >= 0.6 is 0 Å². The number of para-hydroxylation sites is 1. The average Bonchev–Trinajstić information content (AvgIpc) is 2.32. The second-order valence-electron chi connectivity index (χ2n) is 9.05. The first kappa shape index (κ1) is 19.4. The lowest BCUT2D eigenvalue weighted by molar-refractivity contribution is 0.835. The van der Waals surface area contributed by atoms with Crippen LogP contribution in [-0.2, 0) is 0 Å². The smallest absolute Gasteiger partial charge is 0.0904 e. The molecule has 3 heteroatoms. The first-order chi connectivity index (χ1) is 9.85. The van der Waals surface area contributed by atoms with E-state index in [1.54, 1.807) is 4.96 Å². The molecule has 0 unspecified atom stereocenters. The maximum Gasteiger partial charge on any atom is 0.0904 e. The molecular weight excluding hydrogens is 298 g/mol. The molecule has 22 heavy (non-hydrogen) atoms. The van der Waals surface area contributed by atoms with Crippen LogP contribution in [0.1, 0.15) is 50.7 Å². The SMILES string of the molecule is CC(C)c1cccc(C(C)C)c1N=C([Si](C)(C)C)[Si](C)(C)C. The third-order valence-corrected chi connectivity index (χ3v) is 11.6. The van der Waals surface area contributed by atoms with Gasteiger partial charge in [-0.15, -0.1) is 0 Å². The van der Waals surface area contributed by atoms with Gasteiger partial charge in [-0.25, -0.2) is 0 Å². The molecule has 0 aliphatic heterocycles. The minimum atomic E-state index is -1.41. The summed E-state index contributed by atoms with van der Waals surface area (Å²) in [6.07, 6.45) is 0. The van der Waals surface area contributed by atoms with Crippen molar-refractivity contribution in [3.63, 3.8) is 0 Å². The fourth-order valence-corrected chi connectivity index (χ4v) is 13.1. The molecule has 0 heterocycles. The zero-order chi connectivity index (χ0) is 17.3. The first-order valence-corrected chi connectivity index (χ1v) is 15.6. The highest BCUT2D eigenvalue weighted by molar-refractivity contribution is 7.32. The van der Waals surface area contributed by atoms with Crippen LogP contribution in [0.5, 0.6) is 0 Å². The Bertz CT molecular complexity index is 501. The summed E-state index contributed by atoms with van der Waals surface area (Å²) in [4.78, 5) is 6.93. The Hall–Kier alpha value is -0.676. The van der Waals surface area contributed by atoms with E-state index in [1.165, 1.54) is 16.8 Å². The molecule has 0 amide bonds. The molecule has 1 aromatic carbocycles. The Kier molecular flexibility index (Phi) is 6.02. The molecule has 1 rings (SSSR count). The summed E-state index contributed by atoms with van der Waals surface area (Å²) in [5, 5.41) is 0. The lowest BCUT2D eigenvalue weighted by atomic mass is 9.93. The molecule has 0 saturated heterocycles. The first-order valence-electron chi connectivity index (χ1n) is 8.58. The summed E-state index contributed by atoms with van der Waals surface area (Å²) in [5.74, 6) is 1.03. The quantitative estimate of drug-likeness (QED) is 0.417. The van der Waals surface area contributed by atoms with Gasteiger partial charge in [-0.1, -0.05) is 85.2 Å². The average molecular weight is 334 g/mol. The van der Waals surface area contributed by atoms with Crippen LogP contribution in [0.4, 0.5) is 5.69 Å². The fraction of sp³-hybridized carbons (Fsp3) is 0.632. The predicted molar refractivity (Wildman–Crippen MR) is 108 cm³/mol. The van der Waals surface area contributed by atoms with Crippen molar-refractivity contribution in [1.29, 1.82) is 0 Å². The van der Waals surface area contributed by atoms with Crippen LogP contribution in [0.2, 0.25) is 39.3 Å². The lowest BCUT2D eigenvalue weighted by Crippen LogP contribution is -2.49. The van der Waals surface area contributed by atoms with E-state index in [4.69, 9.17) is 4.99 Å². The van der Waals surface area contributed by atoms with Gasteiger partial charge in [-0.3, -0.25) is 4.99 Å². The van der Waals surface area contributed by atoms with Crippen molar-refractivity contribution in [2.45, 2.75) is 78.8 Å². The Morgan fingerprint density at radius 1 is 0.773 bits per heavy atom. The largest absolute Gasteiger partial charge is 0.266 e. The normalized spacial score (nSPS) is 12.9. The molecule has 124 valence electrons. The van der Waals surface area contributed by atoms with Gasteiger partial charge in [0.15, 0.2) is 0 Å². The third-order valence-electron chi connectivity index (χ3n) is 3.99. The highest BCUT2D eigenvalue weighted by atomic mass is 28.4. The molecule has 0 aliphatic carbocycles. The number of hydrogen-bond donors (Lipinski definition) is 0. The molecule has 0 saturated carbocycles. The topological polar surface area (TPSA) is 12.4 Å². The van der Waals surface area contributed by atoms with Gasteiger partial charge in [0, 0.05) is 0 Å². The van der Waals surface area contributed by atoms with Crippen LogP contribution in [-0.4, -0.2) is 21.1 Å². The summed E-state index contributed by atoms with van der Waals surface area (Å²) in [5.41, 5.74) is 4.08. The third kappa shape index (κ3) is 4.66. The molecule has 1 aromatic rings. The molecule has 0 N–H and O–H groups in total. The standard InChI is InChI=1S/C19H35NSi2/c1-14(2)16-12-11-13-17(15(3)4)18(16)20-19(21(5,6)7)22(8,9)10/h11-15H,1-10H3. The van der Waals surface area contributed by atoms with E-state index in [2.05, 4.69) is 85.2 Å². The maximum atomic E-state index is 5.38. The Morgan fingerprint density at radius 2 is 1.14 bits per heavy atom. The number of benzene rings is 1. The number of rotatable bonds is 5. The van der Waals surface area contributed by atoms with Crippen molar-refractivity contribution < 1.29 is 0 Å². The van der Waals surface area contributed by atoms with Crippen LogP contribution in [0.15, 0.2) is 23.2 Å². The molecule has 0 aliphatic rings. The van der Waals surface area contributed by atoms with Crippen molar-refractivity contribution in [2.75, 3.05) is 0 Å². The summed E-state index contributed by atoms with van der Waals surface area (Å²) in [7, 11) is -2.82. The monoisotopic (exact) mass is 333 g/mol. The summed E-state index contributed by atoms with van der Waals surface area (Å²) >= 11 is 0. The van der Waals surface area contributed by atoms with Crippen molar-refractivity contribution in [3.05, 3.63) is 29.3 Å². The van der Waals surface area contributed by atoms with E-state index in [0.29, 0.717) is 11.8 Å². The van der Waals surface area contributed by atoms with Gasteiger partial charge in [0.2, 0.25) is 0 Å². The zero-order valence-corrected chi connectivity index (χ0v) is 18.3. The molecule has 0 bridgehead atoms. The zero-order valence-electron chi connectivity index (χ0n) is 16.3. The molecule has 0 fully saturated rings. The lowest BCUT2D eigenvalue weighted by Gasteiger charge is -2.30. The Morgan fingerprint density at radius 3 is 1.41 bits per heavy atom. The Balaban J connectivity index is 3.68. The summed E-state index contributed by atoms with van der Waals surface area (Å²) in [6.45, 7) is 23.8. The van der Waals surface area contributed by atoms with E-state index in [1.807, 2.05) is 0 Å². The number of nitrogens with zero attached hydrogens (tertiary/aromatic N) is 1. The van der Waals surface area contributed by atoms with Crippen molar-refractivity contribution in [3.8, 4) is 0 Å².